The zero-order chi connectivity index (χ0) is 22.5. The Hall–Kier alpha value is -3.27. The van der Waals surface area contributed by atoms with Crippen LogP contribution in [0.5, 0.6) is 0 Å². The molecule has 0 spiro atoms. The standard InChI is InChI=1S/C28H34N4/c1-5-30(6-2)24-15-13-23(14-16-24)29-28-27-12-10-9-11-22(27)21-32(28)26-19-17-25(18-20-26)31(7-3)8-4/h9-20H,5-8,21H2,1-4H3. The van der Waals surface area contributed by atoms with Crippen molar-refractivity contribution in [2.75, 3.05) is 40.9 Å². The van der Waals surface area contributed by atoms with E-state index in [1.807, 2.05) is 0 Å². The third-order valence-electron chi connectivity index (χ3n) is 6.35. The molecule has 0 fully saturated rings. The first-order valence-corrected chi connectivity index (χ1v) is 11.8. The molecule has 0 N–H and O–H groups in total. The number of anilines is 3. The molecule has 32 heavy (non-hydrogen) atoms. The molecule has 1 aliphatic rings. The summed E-state index contributed by atoms with van der Waals surface area (Å²) in [6, 6.07) is 26.1. The van der Waals surface area contributed by atoms with E-state index in [9.17, 15) is 0 Å². The normalized spacial score (nSPS) is 14.0. The van der Waals surface area contributed by atoms with Gasteiger partial charge >= 0.3 is 0 Å². The van der Waals surface area contributed by atoms with Gasteiger partial charge in [-0.25, -0.2) is 4.99 Å². The van der Waals surface area contributed by atoms with Crippen LogP contribution in [0.25, 0.3) is 0 Å². The summed E-state index contributed by atoms with van der Waals surface area (Å²) in [5, 5.41) is 0. The summed E-state index contributed by atoms with van der Waals surface area (Å²) in [5.41, 5.74) is 7.20. The number of benzene rings is 3. The van der Waals surface area contributed by atoms with Gasteiger partial charge in [0, 0.05) is 48.8 Å². The van der Waals surface area contributed by atoms with Crippen LogP contribution in [0.1, 0.15) is 38.8 Å². The van der Waals surface area contributed by atoms with Gasteiger partial charge in [-0.2, -0.15) is 0 Å². The van der Waals surface area contributed by atoms with Gasteiger partial charge in [0.2, 0.25) is 0 Å². The maximum Gasteiger partial charge on any atom is 0.141 e. The Morgan fingerprint density at radius 3 is 1.78 bits per heavy atom. The second-order valence-corrected chi connectivity index (χ2v) is 8.06. The van der Waals surface area contributed by atoms with Crippen molar-refractivity contribution in [3.63, 3.8) is 0 Å². The summed E-state index contributed by atoms with van der Waals surface area (Å²) >= 11 is 0. The Balaban J connectivity index is 1.68. The fourth-order valence-corrected chi connectivity index (χ4v) is 4.48. The van der Waals surface area contributed by atoms with Gasteiger partial charge in [-0.1, -0.05) is 24.3 Å². The zero-order valence-corrected chi connectivity index (χ0v) is 19.8. The van der Waals surface area contributed by atoms with Crippen molar-refractivity contribution in [1.82, 2.24) is 0 Å². The smallest absolute Gasteiger partial charge is 0.141 e. The van der Waals surface area contributed by atoms with Crippen molar-refractivity contribution < 1.29 is 0 Å². The highest BCUT2D eigenvalue weighted by Gasteiger charge is 2.26. The second-order valence-electron chi connectivity index (χ2n) is 8.06. The molecule has 0 aromatic heterocycles. The van der Waals surface area contributed by atoms with Crippen LogP contribution in [-0.4, -0.2) is 32.0 Å². The lowest BCUT2D eigenvalue weighted by Crippen LogP contribution is -2.25. The molecule has 0 unspecified atom stereocenters. The molecule has 1 heterocycles. The number of fused-ring (bicyclic) bond motifs is 1. The molecule has 4 nitrogen and oxygen atoms in total. The topological polar surface area (TPSA) is 22.1 Å². The lowest BCUT2D eigenvalue weighted by Gasteiger charge is -2.24. The van der Waals surface area contributed by atoms with E-state index in [-0.39, 0.29) is 0 Å². The molecule has 166 valence electrons. The molecule has 0 bridgehead atoms. The third-order valence-corrected chi connectivity index (χ3v) is 6.35. The van der Waals surface area contributed by atoms with Crippen LogP contribution in [0.2, 0.25) is 0 Å². The zero-order valence-electron chi connectivity index (χ0n) is 19.8. The Kier molecular flexibility index (Phi) is 6.79. The number of rotatable bonds is 8. The molecule has 4 heteroatoms. The molecular formula is C28H34N4. The first kappa shape index (κ1) is 21.9. The second kappa shape index (κ2) is 9.90. The summed E-state index contributed by atoms with van der Waals surface area (Å²) in [5.74, 6) is 1.02. The van der Waals surface area contributed by atoms with Crippen LogP contribution in [-0.2, 0) is 6.54 Å². The number of aliphatic imine (C=N–C) groups is 1. The fraction of sp³-hybridized carbons (Fsp3) is 0.321. The molecule has 1 aliphatic heterocycles. The molecule has 0 aliphatic carbocycles. The van der Waals surface area contributed by atoms with E-state index in [0.717, 1.165) is 44.2 Å². The predicted octanol–water partition coefficient (Wildman–Crippen LogP) is 6.48. The van der Waals surface area contributed by atoms with Crippen molar-refractivity contribution in [3.8, 4) is 0 Å². The maximum absolute atomic E-state index is 5.11. The fourth-order valence-electron chi connectivity index (χ4n) is 4.48. The molecule has 0 saturated heterocycles. The van der Waals surface area contributed by atoms with Gasteiger partial charge in [-0.05, 0) is 81.8 Å². The Morgan fingerprint density at radius 1 is 0.688 bits per heavy atom. The number of hydrogen-bond donors (Lipinski definition) is 0. The molecule has 4 rings (SSSR count). The molecule has 0 saturated carbocycles. The van der Waals surface area contributed by atoms with Crippen molar-refractivity contribution in [1.29, 1.82) is 0 Å². The molecule has 0 amide bonds. The third kappa shape index (κ3) is 4.36. The van der Waals surface area contributed by atoms with Crippen molar-refractivity contribution in [3.05, 3.63) is 83.9 Å². The van der Waals surface area contributed by atoms with E-state index in [1.54, 1.807) is 0 Å². The van der Waals surface area contributed by atoms with Crippen LogP contribution >= 0.6 is 0 Å². The van der Waals surface area contributed by atoms with E-state index < -0.39 is 0 Å². The Labute approximate surface area is 192 Å². The van der Waals surface area contributed by atoms with Crippen molar-refractivity contribution >= 4 is 28.6 Å². The highest BCUT2D eigenvalue weighted by Crippen LogP contribution is 2.32. The first-order chi connectivity index (χ1) is 15.7. The monoisotopic (exact) mass is 426 g/mol. The Bertz CT molecular complexity index is 1050. The minimum absolute atomic E-state index is 0.844. The van der Waals surface area contributed by atoms with Crippen LogP contribution in [0.15, 0.2) is 77.8 Å². The van der Waals surface area contributed by atoms with E-state index in [1.165, 1.54) is 28.2 Å². The molecule has 0 radical (unpaired) electrons. The van der Waals surface area contributed by atoms with Crippen molar-refractivity contribution in [2.24, 2.45) is 4.99 Å². The van der Waals surface area contributed by atoms with E-state index in [4.69, 9.17) is 4.99 Å². The van der Waals surface area contributed by atoms with Gasteiger partial charge in [-0.15, -0.1) is 0 Å². The van der Waals surface area contributed by atoms with E-state index in [0.29, 0.717) is 0 Å². The van der Waals surface area contributed by atoms with Gasteiger partial charge < -0.3 is 14.7 Å². The van der Waals surface area contributed by atoms with Gasteiger partial charge in [-0.3, -0.25) is 0 Å². The summed E-state index contributed by atoms with van der Waals surface area (Å²) in [6.45, 7) is 13.7. The summed E-state index contributed by atoms with van der Waals surface area (Å²) < 4.78 is 0. The highest BCUT2D eigenvalue weighted by atomic mass is 15.2. The SMILES string of the molecule is CCN(CC)c1ccc(N=C2c3ccccc3CN2c2ccc(N(CC)CC)cc2)cc1. The van der Waals surface area contributed by atoms with E-state index in [2.05, 4.69) is 115 Å². The number of hydrogen-bond acceptors (Lipinski definition) is 3. The highest BCUT2D eigenvalue weighted by molar-refractivity contribution is 6.14. The number of amidine groups is 1. The van der Waals surface area contributed by atoms with Gasteiger partial charge in [0.1, 0.15) is 5.84 Å². The predicted molar refractivity (Wildman–Crippen MR) is 139 cm³/mol. The summed E-state index contributed by atoms with van der Waals surface area (Å²) in [4.78, 5) is 12.2. The lowest BCUT2D eigenvalue weighted by atomic mass is 10.1. The van der Waals surface area contributed by atoms with Crippen LogP contribution in [0.4, 0.5) is 22.7 Å². The number of nitrogens with zero attached hydrogens (tertiary/aromatic N) is 4. The molecule has 3 aromatic rings. The average molecular weight is 427 g/mol. The minimum atomic E-state index is 0.844. The van der Waals surface area contributed by atoms with Crippen LogP contribution in [0, 0.1) is 0 Å². The quantitative estimate of drug-likeness (QED) is 0.412. The molecule has 3 aromatic carbocycles. The van der Waals surface area contributed by atoms with Gasteiger partial charge in [0.25, 0.3) is 0 Å². The molecular weight excluding hydrogens is 392 g/mol. The van der Waals surface area contributed by atoms with Crippen LogP contribution < -0.4 is 14.7 Å². The summed E-state index contributed by atoms with van der Waals surface area (Å²) in [7, 11) is 0. The largest absolute Gasteiger partial charge is 0.372 e. The maximum atomic E-state index is 5.11. The van der Waals surface area contributed by atoms with E-state index >= 15 is 0 Å². The lowest BCUT2D eigenvalue weighted by molar-refractivity contribution is 0.866. The molecule has 0 atom stereocenters. The minimum Gasteiger partial charge on any atom is -0.372 e. The van der Waals surface area contributed by atoms with Gasteiger partial charge in [0.15, 0.2) is 0 Å². The Morgan fingerprint density at radius 2 is 1.22 bits per heavy atom. The first-order valence-electron chi connectivity index (χ1n) is 11.8. The van der Waals surface area contributed by atoms with Gasteiger partial charge in [0.05, 0.1) is 12.2 Å². The van der Waals surface area contributed by atoms with Crippen molar-refractivity contribution in [2.45, 2.75) is 34.2 Å². The van der Waals surface area contributed by atoms with Crippen LogP contribution in [0.3, 0.4) is 0 Å². The summed E-state index contributed by atoms with van der Waals surface area (Å²) in [6.07, 6.45) is 0. The average Bonchev–Trinajstić information content (AvgIpc) is 3.20.